The minimum absolute atomic E-state index is 0.0852. The van der Waals surface area contributed by atoms with Gasteiger partial charge in [-0.1, -0.05) is 72.8 Å². The van der Waals surface area contributed by atoms with Gasteiger partial charge in [-0.25, -0.2) is 0 Å². The van der Waals surface area contributed by atoms with Crippen molar-refractivity contribution in [2.75, 3.05) is 0 Å². The minimum Gasteiger partial charge on any atom is -0.159 e. The van der Waals surface area contributed by atoms with E-state index in [0.717, 1.165) is 0 Å². The molecule has 0 radical (unpaired) electrons. The predicted octanol–water partition coefficient (Wildman–Crippen LogP) is 7.79. The summed E-state index contributed by atoms with van der Waals surface area (Å²) in [7, 11) is 0. The van der Waals surface area contributed by atoms with Crippen LogP contribution in [0, 0.1) is 0 Å². The van der Waals surface area contributed by atoms with E-state index in [2.05, 4.69) is 132 Å². The molecule has 0 amide bonds. The molecule has 1 aromatic heterocycles. The van der Waals surface area contributed by atoms with Crippen LogP contribution in [0.3, 0.4) is 0 Å². The summed E-state index contributed by atoms with van der Waals surface area (Å²) in [4.78, 5) is 0. The molecule has 0 saturated carbocycles. The highest BCUT2D eigenvalue weighted by Crippen LogP contribution is 2.59. The Kier molecular flexibility index (Phi) is 3.43. The summed E-state index contributed by atoms with van der Waals surface area (Å²) in [5, 5.41) is 3.92. The van der Waals surface area contributed by atoms with E-state index < -0.39 is 0 Å². The summed E-state index contributed by atoms with van der Waals surface area (Å²) >= 11 is 0. The highest BCUT2D eigenvalue weighted by atomic mass is 15.5. The Balaban J connectivity index is 1.64. The number of benzene rings is 5. The fourth-order valence-electron chi connectivity index (χ4n) is 6.53. The van der Waals surface area contributed by atoms with E-state index in [1.54, 1.807) is 0 Å². The molecule has 1 unspecified atom stereocenters. The first-order valence-corrected chi connectivity index (χ1v) is 11.9. The second kappa shape index (κ2) is 6.40. The number of rotatable bonds is 2. The third-order valence-corrected chi connectivity index (χ3v) is 7.79. The highest BCUT2D eigenvalue weighted by molar-refractivity contribution is 5.99. The van der Waals surface area contributed by atoms with Crippen molar-refractivity contribution in [3.63, 3.8) is 0 Å². The van der Waals surface area contributed by atoms with Crippen molar-refractivity contribution in [2.24, 2.45) is 0 Å². The summed E-state index contributed by atoms with van der Waals surface area (Å²) in [5.41, 5.74) is 9.28. The lowest BCUT2D eigenvalue weighted by molar-refractivity contribution is -0.677. The van der Waals surface area contributed by atoms with Crippen LogP contribution in [0.15, 0.2) is 127 Å². The molecule has 0 bridgehead atoms. The second-order valence-electron chi connectivity index (χ2n) is 9.32. The maximum atomic E-state index is 2.61. The second-order valence-corrected chi connectivity index (χ2v) is 9.32. The first kappa shape index (κ1) is 18.2. The zero-order valence-electron chi connectivity index (χ0n) is 18.6. The molecule has 3 heterocycles. The van der Waals surface area contributed by atoms with Crippen molar-refractivity contribution in [1.29, 1.82) is 0 Å². The van der Waals surface area contributed by atoms with Gasteiger partial charge in [0.15, 0.2) is 0 Å². The van der Waals surface area contributed by atoms with Crippen LogP contribution in [0.1, 0.15) is 11.7 Å². The standard InChI is InChI=1S/C32H22N2/c1-3-12-24(13-4-1)34(25-14-5-2-6-15-25)29-17-9-11-23-19-21-28-27-20-18-22-10-7-8-16-26(22)30(27)32(34)33(28)31(23)29/h1-21,32H/q+2. The van der Waals surface area contributed by atoms with E-state index in [0.29, 0.717) is 4.48 Å². The highest BCUT2D eigenvalue weighted by Gasteiger charge is 2.63. The summed E-state index contributed by atoms with van der Waals surface area (Å²) < 4.78 is 3.26. The van der Waals surface area contributed by atoms with Crippen LogP contribution in [0.2, 0.25) is 0 Å². The van der Waals surface area contributed by atoms with E-state index in [4.69, 9.17) is 0 Å². The van der Waals surface area contributed by atoms with Crippen molar-refractivity contribution < 1.29 is 4.57 Å². The van der Waals surface area contributed by atoms with Crippen LogP contribution in [0.5, 0.6) is 0 Å². The summed E-state index contributed by atoms with van der Waals surface area (Å²) in [6.07, 6.45) is 0.0852. The molecule has 158 valence electrons. The van der Waals surface area contributed by atoms with Gasteiger partial charge in [-0.05, 0) is 29.0 Å². The number of para-hydroxylation sites is 3. The lowest BCUT2D eigenvalue weighted by atomic mass is 9.94. The molecule has 0 N–H and O–H groups in total. The topological polar surface area (TPSA) is 3.88 Å². The van der Waals surface area contributed by atoms with Gasteiger partial charge >= 0.3 is 6.17 Å². The van der Waals surface area contributed by atoms with Gasteiger partial charge in [0, 0.05) is 36.4 Å². The number of pyridine rings is 1. The average Bonchev–Trinajstić information content (AvgIpc) is 3.41. The molecule has 2 nitrogen and oxygen atoms in total. The molecule has 2 aliphatic rings. The molecule has 0 aliphatic carbocycles. The molecule has 5 aromatic carbocycles. The Labute approximate surface area is 198 Å². The van der Waals surface area contributed by atoms with Crippen molar-refractivity contribution in [3.8, 4) is 11.3 Å². The van der Waals surface area contributed by atoms with Crippen molar-refractivity contribution in [3.05, 3.63) is 133 Å². The lowest BCUT2D eigenvalue weighted by Crippen LogP contribution is -2.50. The number of hydrogen-bond donors (Lipinski definition) is 0. The van der Waals surface area contributed by atoms with Crippen molar-refractivity contribution in [2.45, 2.75) is 6.17 Å². The van der Waals surface area contributed by atoms with Gasteiger partial charge in [0.1, 0.15) is 16.9 Å². The molecule has 6 aromatic rings. The number of hydrogen-bond acceptors (Lipinski definition) is 0. The SMILES string of the molecule is c1ccc([N+]2(c3ccccc3)c3cccc4ccc5[n+](c34)C2c2c-5ccc3ccccc23)cc1. The van der Waals surface area contributed by atoms with E-state index >= 15 is 0 Å². The fourth-order valence-corrected chi connectivity index (χ4v) is 6.53. The molecular formula is C32H22N2+2. The monoisotopic (exact) mass is 434 g/mol. The molecule has 2 aliphatic heterocycles. The van der Waals surface area contributed by atoms with Gasteiger partial charge < -0.3 is 0 Å². The van der Waals surface area contributed by atoms with Gasteiger partial charge in [-0.2, -0.15) is 4.48 Å². The minimum atomic E-state index is 0.0852. The van der Waals surface area contributed by atoms with Gasteiger partial charge in [0.05, 0.1) is 10.9 Å². The normalized spacial score (nSPS) is 16.8. The first-order chi connectivity index (χ1) is 16.9. The summed E-state index contributed by atoms with van der Waals surface area (Å²) in [6.45, 7) is 0. The molecular weight excluding hydrogens is 412 g/mol. The van der Waals surface area contributed by atoms with Crippen LogP contribution >= 0.6 is 0 Å². The van der Waals surface area contributed by atoms with Crippen LogP contribution < -0.4 is 9.05 Å². The number of fused-ring (bicyclic) bond motifs is 5. The first-order valence-electron chi connectivity index (χ1n) is 11.9. The predicted molar refractivity (Wildman–Crippen MR) is 139 cm³/mol. The molecule has 8 rings (SSSR count). The molecule has 2 heteroatoms. The third-order valence-electron chi connectivity index (χ3n) is 7.79. The van der Waals surface area contributed by atoms with Gasteiger partial charge in [-0.3, -0.25) is 0 Å². The van der Waals surface area contributed by atoms with Crippen LogP contribution in [0.4, 0.5) is 17.1 Å². The molecule has 34 heavy (non-hydrogen) atoms. The summed E-state index contributed by atoms with van der Waals surface area (Å²) in [5.74, 6) is 0. The third kappa shape index (κ3) is 2.03. The van der Waals surface area contributed by atoms with Crippen LogP contribution in [-0.2, 0) is 0 Å². The fraction of sp³-hybridized carbons (Fsp3) is 0.0312. The van der Waals surface area contributed by atoms with Gasteiger partial charge in [0.2, 0.25) is 11.4 Å². The van der Waals surface area contributed by atoms with E-state index in [1.165, 1.54) is 55.6 Å². The zero-order chi connectivity index (χ0) is 22.3. The summed E-state index contributed by atoms with van der Waals surface area (Å²) in [6, 6.07) is 47.0. The van der Waals surface area contributed by atoms with Crippen molar-refractivity contribution in [1.82, 2.24) is 4.48 Å². The molecule has 0 fully saturated rings. The Bertz CT molecular complexity index is 1710. The lowest BCUT2D eigenvalue weighted by Gasteiger charge is -2.34. The maximum absolute atomic E-state index is 2.61. The zero-order valence-corrected chi connectivity index (χ0v) is 18.6. The van der Waals surface area contributed by atoms with E-state index in [9.17, 15) is 0 Å². The Morgan fingerprint density at radius 1 is 0.529 bits per heavy atom. The van der Waals surface area contributed by atoms with Crippen molar-refractivity contribution >= 4 is 38.7 Å². The quantitative estimate of drug-likeness (QED) is 0.193. The Morgan fingerprint density at radius 2 is 1.18 bits per heavy atom. The molecule has 1 atom stereocenters. The van der Waals surface area contributed by atoms with Crippen LogP contribution in [-0.4, -0.2) is 0 Å². The number of nitrogens with zero attached hydrogens (tertiary/aromatic N) is 2. The van der Waals surface area contributed by atoms with E-state index in [1.807, 2.05) is 0 Å². The maximum Gasteiger partial charge on any atom is 0.328 e. The molecule has 0 saturated heterocycles. The van der Waals surface area contributed by atoms with Gasteiger partial charge in [0.25, 0.3) is 5.52 Å². The Morgan fingerprint density at radius 3 is 1.94 bits per heavy atom. The van der Waals surface area contributed by atoms with E-state index in [-0.39, 0.29) is 6.17 Å². The van der Waals surface area contributed by atoms with Crippen LogP contribution in [0.25, 0.3) is 32.9 Å². The number of aromatic nitrogens is 1. The average molecular weight is 435 g/mol. The number of quaternary nitrogens is 1. The largest absolute Gasteiger partial charge is 0.328 e. The van der Waals surface area contributed by atoms with Gasteiger partial charge in [-0.15, -0.1) is 4.57 Å². The molecule has 0 spiro atoms. The smallest absolute Gasteiger partial charge is 0.159 e. The Hall–Kier alpha value is -4.27.